The monoisotopic (exact) mass is 889 g/mol. The second kappa shape index (κ2) is 52.0. The third kappa shape index (κ3) is 49.3. The zero-order valence-corrected chi connectivity index (χ0v) is 41.5. The molecule has 0 fully saturated rings. The van der Waals surface area contributed by atoms with Crippen LogP contribution in [0.1, 0.15) is 233 Å². The van der Waals surface area contributed by atoms with E-state index in [2.05, 4.69) is 118 Å². The number of unbranched alkanes of at least 4 members (excludes halogenated alkanes) is 19. The van der Waals surface area contributed by atoms with Crippen molar-refractivity contribution in [3.63, 3.8) is 0 Å². The van der Waals surface area contributed by atoms with Crippen molar-refractivity contribution in [1.29, 1.82) is 0 Å². The van der Waals surface area contributed by atoms with Gasteiger partial charge in [-0.25, -0.2) is 0 Å². The van der Waals surface area contributed by atoms with Crippen molar-refractivity contribution in [2.24, 2.45) is 0 Å². The first kappa shape index (κ1) is 60.3. The molecule has 0 radical (unpaired) electrons. The third-order valence-corrected chi connectivity index (χ3v) is 10.8. The second-order valence-corrected chi connectivity index (χ2v) is 17.0. The highest BCUT2D eigenvalue weighted by atomic mass is 16.6. The van der Waals surface area contributed by atoms with E-state index in [1.165, 1.54) is 44.9 Å². The van der Waals surface area contributed by atoms with Crippen LogP contribution in [-0.4, -0.2) is 37.2 Å². The summed E-state index contributed by atoms with van der Waals surface area (Å²) in [5.41, 5.74) is 0. The Morgan fingerprint density at radius 1 is 0.328 bits per heavy atom. The smallest absolute Gasteiger partial charge is 0.306 e. The molecule has 0 heterocycles. The van der Waals surface area contributed by atoms with E-state index >= 15 is 0 Å². The molecule has 0 aromatic rings. The molecule has 0 aromatic carbocycles. The second-order valence-electron chi connectivity index (χ2n) is 17.0. The Kier molecular flexibility index (Phi) is 49.0. The minimum absolute atomic E-state index is 0.101. The fourth-order valence-electron chi connectivity index (χ4n) is 6.83. The molecule has 0 amide bonds. The van der Waals surface area contributed by atoms with Crippen LogP contribution >= 0.6 is 0 Å². The lowest BCUT2D eigenvalue weighted by atomic mass is 10.1. The fourth-order valence-corrected chi connectivity index (χ4v) is 6.83. The van der Waals surface area contributed by atoms with Crippen molar-refractivity contribution in [1.82, 2.24) is 0 Å². The molecular formula is C58H96O6. The van der Waals surface area contributed by atoms with Crippen molar-refractivity contribution >= 4 is 17.9 Å². The number of allylic oxidation sites excluding steroid dienone is 16. The molecule has 64 heavy (non-hydrogen) atoms. The molecule has 0 unspecified atom stereocenters. The highest BCUT2D eigenvalue weighted by molar-refractivity contribution is 5.71. The average Bonchev–Trinajstić information content (AvgIpc) is 3.29. The zero-order valence-electron chi connectivity index (χ0n) is 41.5. The molecule has 0 aliphatic rings. The fraction of sp³-hybridized carbons (Fsp3) is 0.672. The molecule has 0 spiro atoms. The van der Waals surface area contributed by atoms with Gasteiger partial charge in [-0.1, -0.05) is 195 Å². The van der Waals surface area contributed by atoms with E-state index in [1.807, 2.05) is 0 Å². The Balaban J connectivity index is 4.49. The van der Waals surface area contributed by atoms with Gasteiger partial charge in [0.05, 0.1) is 0 Å². The predicted octanol–water partition coefficient (Wildman–Crippen LogP) is 17.4. The van der Waals surface area contributed by atoms with Crippen LogP contribution in [0.15, 0.2) is 97.2 Å². The van der Waals surface area contributed by atoms with Crippen LogP contribution in [0.3, 0.4) is 0 Å². The molecule has 0 saturated carbocycles. The molecule has 1 atom stereocenters. The Labute approximate surface area is 394 Å². The number of rotatable bonds is 46. The molecule has 0 saturated heterocycles. The average molecular weight is 889 g/mol. The highest BCUT2D eigenvalue weighted by Gasteiger charge is 2.19. The van der Waals surface area contributed by atoms with Crippen molar-refractivity contribution < 1.29 is 28.6 Å². The van der Waals surface area contributed by atoms with E-state index in [1.54, 1.807) is 0 Å². The minimum Gasteiger partial charge on any atom is -0.462 e. The van der Waals surface area contributed by atoms with Gasteiger partial charge in [0, 0.05) is 19.3 Å². The molecule has 0 aliphatic carbocycles. The summed E-state index contributed by atoms with van der Waals surface area (Å²) in [6.07, 6.45) is 68.1. The van der Waals surface area contributed by atoms with Crippen molar-refractivity contribution in [2.75, 3.05) is 13.2 Å². The van der Waals surface area contributed by atoms with E-state index in [9.17, 15) is 14.4 Å². The molecule has 0 rings (SSSR count). The van der Waals surface area contributed by atoms with Crippen LogP contribution in [0.25, 0.3) is 0 Å². The molecule has 6 nitrogen and oxygen atoms in total. The number of carbonyl (C=O) groups excluding carboxylic acids is 3. The van der Waals surface area contributed by atoms with Crippen LogP contribution in [-0.2, 0) is 28.6 Å². The first-order valence-electron chi connectivity index (χ1n) is 26.2. The summed E-state index contributed by atoms with van der Waals surface area (Å²) in [6, 6.07) is 0. The van der Waals surface area contributed by atoms with Crippen LogP contribution < -0.4 is 0 Å². The summed E-state index contributed by atoms with van der Waals surface area (Å²) in [6.45, 7) is 6.40. The van der Waals surface area contributed by atoms with Gasteiger partial charge in [0.1, 0.15) is 13.2 Å². The first-order valence-corrected chi connectivity index (χ1v) is 26.2. The lowest BCUT2D eigenvalue weighted by Gasteiger charge is -2.18. The maximum Gasteiger partial charge on any atom is 0.306 e. The van der Waals surface area contributed by atoms with Gasteiger partial charge in [0.15, 0.2) is 6.10 Å². The summed E-state index contributed by atoms with van der Waals surface area (Å²) in [7, 11) is 0. The highest BCUT2D eigenvalue weighted by Crippen LogP contribution is 2.13. The van der Waals surface area contributed by atoms with E-state index in [-0.39, 0.29) is 31.1 Å². The normalized spacial score (nSPS) is 12.9. The quantitative estimate of drug-likeness (QED) is 0.0262. The number of hydrogen-bond acceptors (Lipinski definition) is 6. The Morgan fingerprint density at radius 3 is 1.00 bits per heavy atom. The lowest BCUT2D eigenvalue weighted by Crippen LogP contribution is -2.30. The molecule has 364 valence electrons. The van der Waals surface area contributed by atoms with Crippen LogP contribution in [0.2, 0.25) is 0 Å². The summed E-state index contributed by atoms with van der Waals surface area (Å²) < 4.78 is 16.8. The van der Waals surface area contributed by atoms with Crippen LogP contribution in [0.5, 0.6) is 0 Å². The van der Waals surface area contributed by atoms with E-state index in [0.717, 1.165) is 148 Å². The maximum atomic E-state index is 12.8. The SMILES string of the molecule is CC/C=C\C/C=C\C/C=C\CCCCCCCC(=O)O[C@@H](COC(=O)CCCCCC/C=C\C/C=C\C/C=C\CCCCC)COC(=O)CCCCCCC/C=C\C/C=C\CCCC. The van der Waals surface area contributed by atoms with E-state index < -0.39 is 6.10 Å². The van der Waals surface area contributed by atoms with Gasteiger partial charge in [0.25, 0.3) is 0 Å². The summed E-state index contributed by atoms with van der Waals surface area (Å²) in [5, 5.41) is 0. The zero-order chi connectivity index (χ0) is 46.5. The number of ether oxygens (including phenoxy) is 3. The number of hydrogen-bond donors (Lipinski definition) is 0. The van der Waals surface area contributed by atoms with E-state index in [4.69, 9.17) is 14.2 Å². The predicted molar refractivity (Wildman–Crippen MR) is 274 cm³/mol. The first-order chi connectivity index (χ1) is 31.5. The van der Waals surface area contributed by atoms with Gasteiger partial charge < -0.3 is 14.2 Å². The van der Waals surface area contributed by atoms with Crippen LogP contribution in [0.4, 0.5) is 0 Å². The van der Waals surface area contributed by atoms with Crippen LogP contribution in [0, 0.1) is 0 Å². The number of carbonyl (C=O) groups is 3. The van der Waals surface area contributed by atoms with Gasteiger partial charge in [-0.2, -0.15) is 0 Å². The summed E-state index contributed by atoms with van der Waals surface area (Å²) in [5.74, 6) is -0.955. The van der Waals surface area contributed by atoms with Gasteiger partial charge in [-0.15, -0.1) is 0 Å². The third-order valence-electron chi connectivity index (χ3n) is 10.8. The summed E-state index contributed by atoms with van der Waals surface area (Å²) >= 11 is 0. The van der Waals surface area contributed by atoms with Gasteiger partial charge >= 0.3 is 17.9 Å². The number of esters is 3. The van der Waals surface area contributed by atoms with Gasteiger partial charge in [0.2, 0.25) is 0 Å². The van der Waals surface area contributed by atoms with Crippen molar-refractivity contribution in [3.05, 3.63) is 97.2 Å². The molecular weight excluding hydrogens is 793 g/mol. The summed E-state index contributed by atoms with van der Waals surface area (Å²) in [4.78, 5) is 38.0. The lowest BCUT2D eigenvalue weighted by molar-refractivity contribution is -0.167. The topological polar surface area (TPSA) is 78.9 Å². The molecule has 0 bridgehead atoms. The Morgan fingerprint density at radius 2 is 0.625 bits per heavy atom. The van der Waals surface area contributed by atoms with Crippen molar-refractivity contribution in [2.45, 2.75) is 239 Å². The molecule has 0 aromatic heterocycles. The molecule has 6 heteroatoms. The maximum absolute atomic E-state index is 12.8. The van der Waals surface area contributed by atoms with Gasteiger partial charge in [-0.05, 0) is 116 Å². The Hall–Kier alpha value is -3.67. The largest absolute Gasteiger partial charge is 0.462 e. The van der Waals surface area contributed by atoms with E-state index in [0.29, 0.717) is 19.3 Å². The van der Waals surface area contributed by atoms with Gasteiger partial charge in [-0.3, -0.25) is 14.4 Å². The standard InChI is InChI=1S/C58H96O6/c1-4-7-10-13-16-19-22-25-28-29-31-33-36-39-42-45-48-51-57(60)63-54-55(53-62-56(59)50-47-44-41-38-35-32-27-24-21-18-15-12-9-6-3)64-58(61)52-49-46-43-40-37-34-30-26-23-20-17-14-11-8-5-2/h8,11,15-20,24-28,30-31,33,55H,4-7,9-10,12-14,21-23,29,32,34-54H2,1-3H3/b11-8-,18-15-,19-16-,20-17-,27-24-,28-25-,30-26-,33-31-/t55-/m1/s1. The van der Waals surface area contributed by atoms with Crippen molar-refractivity contribution in [3.8, 4) is 0 Å². The molecule has 0 N–H and O–H groups in total. The molecule has 0 aliphatic heterocycles. The Bertz CT molecular complexity index is 1300. The minimum atomic E-state index is -0.802.